The number of hydrogen-bond donors (Lipinski definition) is 2. The molecule has 5 heteroatoms. The van der Waals surface area contributed by atoms with Gasteiger partial charge in [0.1, 0.15) is 0 Å². The van der Waals surface area contributed by atoms with Crippen molar-refractivity contribution in [1.29, 1.82) is 0 Å². The molecule has 1 aromatic carbocycles. The van der Waals surface area contributed by atoms with Gasteiger partial charge in [-0.2, -0.15) is 13.2 Å². The Balaban J connectivity index is 2.02. The van der Waals surface area contributed by atoms with Crippen LogP contribution in [0.15, 0.2) is 24.3 Å². The zero-order valence-electron chi connectivity index (χ0n) is 9.87. The van der Waals surface area contributed by atoms with Crippen LogP contribution in [0, 0.1) is 5.92 Å². The lowest BCUT2D eigenvalue weighted by atomic mass is 10.0. The summed E-state index contributed by atoms with van der Waals surface area (Å²) in [4.78, 5) is 0. The van der Waals surface area contributed by atoms with E-state index >= 15 is 0 Å². The molecule has 1 fully saturated rings. The zero-order valence-corrected chi connectivity index (χ0v) is 9.87. The van der Waals surface area contributed by atoms with E-state index in [0.29, 0.717) is 5.69 Å². The lowest BCUT2D eigenvalue weighted by Gasteiger charge is -2.20. The molecule has 2 atom stereocenters. The summed E-state index contributed by atoms with van der Waals surface area (Å²) < 4.78 is 37.2. The van der Waals surface area contributed by atoms with Gasteiger partial charge < -0.3 is 10.4 Å². The highest BCUT2D eigenvalue weighted by Gasteiger charge is 2.30. The molecule has 18 heavy (non-hydrogen) atoms. The van der Waals surface area contributed by atoms with Gasteiger partial charge in [-0.3, -0.25) is 0 Å². The first-order valence-electron chi connectivity index (χ1n) is 6.05. The first kappa shape index (κ1) is 13.2. The third kappa shape index (κ3) is 2.96. The van der Waals surface area contributed by atoms with Gasteiger partial charge in [-0.15, -0.1) is 0 Å². The Hall–Kier alpha value is -1.23. The van der Waals surface area contributed by atoms with E-state index in [2.05, 4.69) is 5.32 Å². The highest BCUT2D eigenvalue weighted by Crippen LogP contribution is 2.31. The van der Waals surface area contributed by atoms with E-state index in [9.17, 15) is 18.3 Å². The van der Waals surface area contributed by atoms with E-state index in [-0.39, 0.29) is 18.6 Å². The van der Waals surface area contributed by atoms with Crippen molar-refractivity contribution in [3.63, 3.8) is 0 Å². The molecule has 1 aliphatic carbocycles. The number of nitrogens with one attached hydrogen (secondary N) is 1. The third-order valence-corrected chi connectivity index (χ3v) is 3.46. The van der Waals surface area contributed by atoms with Gasteiger partial charge in [0, 0.05) is 24.3 Å². The Morgan fingerprint density at radius 3 is 2.39 bits per heavy atom. The Bertz CT molecular complexity index is 388. The number of aliphatic hydroxyl groups is 1. The van der Waals surface area contributed by atoms with Crippen molar-refractivity contribution in [3.05, 3.63) is 29.8 Å². The molecule has 2 N–H and O–H groups in total. The minimum Gasteiger partial charge on any atom is -0.396 e. The lowest BCUT2D eigenvalue weighted by molar-refractivity contribution is -0.137. The van der Waals surface area contributed by atoms with E-state index in [1.807, 2.05) is 0 Å². The van der Waals surface area contributed by atoms with Gasteiger partial charge in [-0.25, -0.2) is 0 Å². The monoisotopic (exact) mass is 259 g/mol. The molecule has 0 bridgehead atoms. The average Bonchev–Trinajstić information content (AvgIpc) is 2.76. The van der Waals surface area contributed by atoms with Crippen LogP contribution in [0.25, 0.3) is 0 Å². The first-order valence-corrected chi connectivity index (χ1v) is 6.05. The van der Waals surface area contributed by atoms with Gasteiger partial charge in [0.15, 0.2) is 0 Å². The van der Waals surface area contributed by atoms with Crippen LogP contribution < -0.4 is 5.32 Å². The maximum Gasteiger partial charge on any atom is 0.416 e. The van der Waals surface area contributed by atoms with Crippen molar-refractivity contribution in [2.45, 2.75) is 31.5 Å². The minimum absolute atomic E-state index is 0.123. The van der Waals surface area contributed by atoms with Crippen LogP contribution in [0.4, 0.5) is 18.9 Å². The summed E-state index contributed by atoms with van der Waals surface area (Å²) in [7, 11) is 0. The molecule has 1 saturated carbocycles. The van der Waals surface area contributed by atoms with Gasteiger partial charge in [0.2, 0.25) is 0 Å². The van der Waals surface area contributed by atoms with E-state index in [0.717, 1.165) is 31.4 Å². The summed E-state index contributed by atoms with van der Waals surface area (Å²) in [5.74, 6) is 0.201. The van der Waals surface area contributed by atoms with Crippen LogP contribution in [0.1, 0.15) is 24.8 Å². The predicted octanol–water partition coefficient (Wildman–Crippen LogP) is 3.28. The van der Waals surface area contributed by atoms with Crippen LogP contribution in [-0.4, -0.2) is 17.8 Å². The molecule has 0 saturated heterocycles. The highest BCUT2D eigenvalue weighted by atomic mass is 19.4. The molecule has 0 spiro atoms. The minimum atomic E-state index is -4.29. The van der Waals surface area contributed by atoms with Crippen molar-refractivity contribution in [2.24, 2.45) is 5.92 Å². The average molecular weight is 259 g/mol. The van der Waals surface area contributed by atoms with Gasteiger partial charge in [-0.05, 0) is 37.1 Å². The Labute approximate surface area is 104 Å². The summed E-state index contributed by atoms with van der Waals surface area (Å²) in [5, 5.41) is 12.4. The van der Waals surface area contributed by atoms with Crippen molar-refractivity contribution in [3.8, 4) is 0 Å². The van der Waals surface area contributed by atoms with Crippen LogP contribution >= 0.6 is 0 Å². The fourth-order valence-corrected chi connectivity index (χ4v) is 2.41. The first-order chi connectivity index (χ1) is 8.50. The number of rotatable bonds is 3. The number of alkyl halides is 3. The van der Waals surface area contributed by atoms with E-state index in [4.69, 9.17) is 0 Å². The number of aliphatic hydroxyl groups excluding tert-OH is 1. The summed E-state index contributed by atoms with van der Waals surface area (Å²) >= 11 is 0. The van der Waals surface area contributed by atoms with Crippen LogP contribution in [0.2, 0.25) is 0 Å². The molecule has 2 unspecified atom stereocenters. The summed E-state index contributed by atoms with van der Waals surface area (Å²) in [5.41, 5.74) is 0.0338. The second-order valence-electron chi connectivity index (χ2n) is 4.70. The number of benzene rings is 1. The molecule has 1 aliphatic rings. The maximum atomic E-state index is 12.4. The lowest BCUT2D eigenvalue weighted by Crippen LogP contribution is -2.26. The second kappa shape index (κ2) is 5.18. The molecule has 0 aromatic heterocycles. The number of halogens is 3. The Morgan fingerprint density at radius 1 is 1.17 bits per heavy atom. The summed E-state index contributed by atoms with van der Waals surface area (Å²) in [6, 6.07) is 5.19. The van der Waals surface area contributed by atoms with Crippen LogP contribution in [0.3, 0.4) is 0 Å². The molecule has 2 nitrogen and oxygen atoms in total. The molecule has 100 valence electrons. The fourth-order valence-electron chi connectivity index (χ4n) is 2.41. The number of hydrogen-bond acceptors (Lipinski definition) is 2. The Kier molecular flexibility index (Phi) is 3.80. The highest BCUT2D eigenvalue weighted by molar-refractivity contribution is 5.46. The molecular weight excluding hydrogens is 243 g/mol. The SMILES string of the molecule is OCC1CCCC1Nc1ccc(C(F)(F)F)cc1. The van der Waals surface area contributed by atoms with Gasteiger partial charge in [0.05, 0.1) is 5.56 Å². The zero-order chi connectivity index (χ0) is 13.2. The van der Waals surface area contributed by atoms with Gasteiger partial charge in [-0.1, -0.05) is 6.42 Å². The van der Waals surface area contributed by atoms with Crippen molar-refractivity contribution in [2.75, 3.05) is 11.9 Å². The summed E-state index contributed by atoms with van der Waals surface area (Å²) in [6.45, 7) is 0.123. The molecule has 1 aromatic rings. The van der Waals surface area contributed by atoms with Crippen LogP contribution in [0.5, 0.6) is 0 Å². The normalized spacial score (nSPS) is 24.2. The number of anilines is 1. The predicted molar refractivity (Wildman–Crippen MR) is 63.3 cm³/mol. The topological polar surface area (TPSA) is 32.3 Å². The Morgan fingerprint density at radius 2 is 1.83 bits per heavy atom. The molecular formula is C13H16F3NO. The largest absolute Gasteiger partial charge is 0.416 e. The quantitative estimate of drug-likeness (QED) is 0.873. The summed E-state index contributed by atoms with van der Waals surface area (Å²) in [6.07, 6.45) is -1.33. The van der Waals surface area contributed by atoms with E-state index < -0.39 is 11.7 Å². The van der Waals surface area contributed by atoms with Crippen molar-refractivity contribution in [1.82, 2.24) is 0 Å². The van der Waals surface area contributed by atoms with Gasteiger partial charge >= 0.3 is 6.18 Å². The smallest absolute Gasteiger partial charge is 0.396 e. The van der Waals surface area contributed by atoms with Gasteiger partial charge in [0.25, 0.3) is 0 Å². The fraction of sp³-hybridized carbons (Fsp3) is 0.538. The second-order valence-corrected chi connectivity index (χ2v) is 4.70. The molecule has 2 rings (SSSR count). The van der Waals surface area contributed by atoms with E-state index in [1.54, 1.807) is 0 Å². The third-order valence-electron chi connectivity index (χ3n) is 3.46. The molecule has 0 radical (unpaired) electrons. The van der Waals surface area contributed by atoms with E-state index in [1.165, 1.54) is 12.1 Å². The maximum absolute atomic E-state index is 12.4. The molecule has 0 aliphatic heterocycles. The molecule has 0 amide bonds. The van der Waals surface area contributed by atoms with Crippen molar-refractivity contribution >= 4 is 5.69 Å². The van der Waals surface area contributed by atoms with Crippen LogP contribution in [-0.2, 0) is 6.18 Å². The standard InChI is InChI=1S/C13H16F3NO/c14-13(15,16)10-4-6-11(7-5-10)17-12-3-1-2-9(12)8-18/h4-7,9,12,17-18H,1-3,8H2. The molecule has 0 heterocycles. The van der Waals surface area contributed by atoms with Crippen molar-refractivity contribution < 1.29 is 18.3 Å².